The van der Waals surface area contributed by atoms with Crippen molar-refractivity contribution in [3.8, 4) is 11.8 Å². The second-order valence-electron chi connectivity index (χ2n) is 5.06. The molecule has 1 fully saturated rings. The van der Waals surface area contributed by atoms with Crippen LogP contribution >= 0.6 is 0 Å². The molecule has 3 heteroatoms. The molecule has 1 saturated heterocycles. The first-order chi connectivity index (χ1) is 11.7. The van der Waals surface area contributed by atoms with E-state index in [1.807, 2.05) is 24.3 Å². The Labute approximate surface area is 145 Å². The zero-order valence-corrected chi connectivity index (χ0v) is 14.1. The molecule has 0 amide bonds. The van der Waals surface area contributed by atoms with E-state index < -0.39 is 0 Å². The number of allylic oxidation sites excluding steroid dienone is 3. The summed E-state index contributed by atoms with van der Waals surface area (Å²) in [6.45, 7) is 14.7. The van der Waals surface area contributed by atoms with Gasteiger partial charge in [-0.2, -0.15) is 0 Å². The van der Waals surface area contributed by atoms with E-state index >= 15 is 0 Å². The van der Waals surface area contributed by atoms with Crippen molar-refractivity contribution in [2.24, 2.45) is 10.7 Å². The normalized spacial score (nSPS) is 16.7. The molecule has 0 aliphatic carbocycles. The van der Waals surface area contributed by atoms with Crippen LogP contribution in [0, 0.1) is 11.8 Å². The summed E-state index contributed by atoms with van der Waals surface area (Å²) in [6, 6.07) is 8.07. The van der Waals surface area contributed by atoms with Crippen molar-refractivity contribution in [2.45, 2.75) is 18.9 Å². The van der Waals surface area contributed by atoms with E-state index in [1.165, 1.54) is 0 Å². The van der Waals surface area contributed by atoms with Crippen LogP contribution < -0.4 is 11.1 Å². The summed E-state index contributed by atoms with van der Waals surface area (Å²) in [5.41, 5.74) is 8.70. The van der Waals surface area contributed by atoms with Crippen LogP contribution in [0.4, 0.5) is 0 Å². The van der Waals surface area contributed by atoms with Gasteiger partial charge in [0.15, 0.2) is 0 Å². The summed E-state index contributed by atoms with van der Waals surface area (Å²) in [4.78, 5) is 4.23. The van der Waals surface area contributed by atoms with Gasteiger partial charge in [-0.1, -0.05) is 49.3 Å². The lowest BCUT2D eigenvalue weighted by Gasteiger charge is -2.07. The lowest BCUT2D eigenvalue weighted by Crippen LogP contribution is -2.36. The van der Waals surface area contributed by atoms with Crippen molar-refractivity contribution in [3.05, 3.63) is 80.1 Å². The monoisotopic (exact) mass is 319 g/mol. The number of benzene rings is 1. The van der Waals surface area contributed by atoms with E-state index in [-0.39, 0.29) is 6.04 Å². The molecule has 3 N–H and O–H groups in total. The first-order valence-corrected chi connectivity index (χ1v) is 7.86. The van der Waals surface area contributed by atoms with Crippen molar-refractivity contribution in [2.75, 3.05) is 6.54 Å². The lowest BCUT2D eigenvalue weighted by molar-refractivity contribution is 0.756. The van der Waals surface area contributed by atoms with E-state index in [2.05, 4.69) is 48.5 Å². The van der Waals surface area contributed by atoms with Crippen molar-refractivity contribution in [3.63, 3.8) is 0 Å². The molecule has 1 aliphatic heterocycles. The Morgan fingerprint density at radius 1 is 1.33 bits per heavy atom. The van der Waals surface area contributed by atoms with Gasteiger partial charge in [-0.25, -0.2) is 4.99 Å². The molecule has 1 heterocycles. The molecule has 0 radical (unpaired) electrons. The first kappa shape index (κ1) is 19.2. The maximum atomic E-state index is 5.92. The molecule has 3 nitrogen and oxygen atoms in total. The predicted molar refractivity (Wildman–Crippen MR) is 106 cm³/mol. The number of rotatable bonds is 4. The molecule has 1 aliphatic rings. The number of nitrogens with zero attached hydrogens (tertiary/aromatic N) is 1. The van der Waals surface area contributed by atoms with Crippen LogP contribution in [0.1, 0.15) is 24.0 Å². The summed E-state index contributed by atoms with van der Waals surface area (Å²) in [6.07, 6.45) is 7.28. The fourth-order valence-electron chi connectivity index (χ4n) is 2.29. The minimum atomic E-state index is 0.203. The van der Waals surface area contributed by atoms with Crippen LogP contribution in [0.15, 0.2) is 73.9 Å². The van der Waals surface area contributed by atoms with Gasteiger partial charge in [0, 0.05) is 17.8 Å². The van der Waals surface area contributed by atoms with E-state index in [1.54, 1.807) is 18.4 Å². The average molecular weight is 319 g/mol. The van der Waals surface area contributed by atoms with Gasteiger partial charge in [-0.15, -0.1) is 13.2 Å². The highest BCUT2D eigenvalue weighted by molar-refractivity contribution is 5.86. The first-order valence-electron chi connectivity index (χ1n) is 7.86. The third-order valence-electron chi connectivity index (χ3n) is 3.53. The fraction of sp³-hybridized carbons (Fsp3) is 0.190. The zero-order chi connectivity index (χ0) is 17.8. The van der Waals surface area contributed by atoms with E-state index in [9.17, 15) is 0 Å². The van der Waals surface area contributed by atoms with Gasteiger partial charge in [0.05, 0.1) is 6.04 Å². The second-order valence-corrected chi connectivity index (χ2v) is 5.06. The van der Waals surface area contributed by atoms with Crippen molar-refractivity contribution >= 4 is 11.4 Å². The molecule has 0 spiro atoms. The SMILES string of the molecule is C=C.C=CC(=C)c1ccccc1C#C/C=C/N=C(N)C1CCCN1. The van der Waals surface area contributed by atoms with Crippen LogP contribution in [0.25, 0.3) is 5.57 Å². The number of nitrogens with one attached hydrogen (secondary N) is 1. The van der Waals surface area contributed by atoms with Crippen LogP contribution in [0.3, 0.4) is 0 Å². The van der Waals surface area contributed by atoms with E-state index in [4.69, 9.17) is 5.73 Å². The topological polar surface area (TPSA) is 50.4 Å². The molecular weight excluding hydrogens is 294 g/mol. The Morgan fingerprint density at radius 3 is 2.75 bits per heavy atom. The molecule has 1 aromatic carbocycles. The minimum Gasteiger partial charge on any atom is -0.386 e. The van der Waals surface area contributed by atoms with Crippen LogP contribution in [0.5, 0.6) is 0 Å². The highest BCUT2D eigenvalue weighted by Gasteiger charge is 2.16. The molecule has 1 aromatic rings. The Hall–Kier alpha value is -2.83. The van der Waals surface area contributed by atoms with Crippen LogP contribution in [0.2, 0.25) is 0 Å². The summed E-state index contributed by atoms with van der Waals surface area (Å²) < 4.78 is 0. The number of amidine groups is 1. The maximum Gasteiger partial charge on any atom is 0.116 e. The van der Waals surface area contributed by atoms with Gasteiger partial charge in [0.1, 0.15) is 5.84 Å². The van der Waals surface area contributed by atoms with Crippen LogP contribution in [-0.4, -0.2) is 18.4 Å². The summed E-state index contributed by atoms with van der Waals surface area (Å²) in [7, 11) is 0. The number of aliphatic imine (C=N–C) groups is 1. The quantitative estimate of drug-likeness (QED) is 0.292. The third kappa shape index (κ3) is 5.75. The molecule has 24 heavy (non-hydrogen) atoms. The zero-order valence-electron chi connectivity index (χ0n) is 14.1. The molecule has 0 bridgehead atoms. The van der Waals surface area contributed by atoms with E-state index in [0.29, 0.717) is 5.84 Å². The van der Waals surface area contributed by atoms with Crippen molar-refractivity contribution in [1.29, 1.82) is 0 Å². The Balaban J connectivity index is 0.00000139. The van der Waals surface area contributed by atoms with Crippen LogP contribution in [-0.2, 0) is 0 Å². The number of hydrogen-bond acceptors (Lipinski definition) is 2. The average Bonchev–Trinajstić information content (AvgIpc) is 3.17. The highest BCUT2D eigenvalue weighted by atomic mass is 15.0. The van der Waals surface area contributed by atoms with Gasteiger partial charge >= 0.3 is 0 Å². The maximum absolute atomic E-state index is 5.92. The summed E-state index contributed by atoms with van der Waals surface area (Å²) in [5.74, 6) is 6.70. The van der Waals surface area contributed by atoms with Gasteiger partial charge in [-0.3, -0.25) is 0 Å². The predicted octanol–water partition coefficient (Wildman–Crippen LogP) is 3.66. The van der Waals surface area contributed by atoms with Gasteiger partial charge in [0.2, 0.25) is 0 Å². The lowest BCUT2D eigenvalue weighted by atomic mass is 10.0. The Morgan fingerprint density at radius 2 is 2.08 bits per heavy atom. The van der Waals surface area contributed by atoms with Crippen molar-refractivity contribution < 1.29 is 0 Å². The highest BCUT2D eigenvalue weighted by Crippen LogP contribution is 2.17. The minimum absolute atomic E-state index is 0.203. The molecule has 0 aromatic heterocycles. The molecule has 1 atom stereocenters. The van der Waals surface area contributed by atoms with Gasteiger partial charge in [-0.05, 0) is 36.6 Å². The summed E-state index contributed by atoms with van der Waals surface area (Å²) >= 11 is 0. The smallest absolute Gasteiger partial charge is 0.116 e. The Bertz CT molecular complexity index is 681. The standard InChI is InChI=1S/C19H21N3.C2H4/c1-3-15(2)17-11-5-4-9-16(17)10-6-7-13-22-19(20)18-12-8-14-21-18;1-2/h3-5,7,9,11,13,18,21H,1-2,8,12,14H2,(H2,20,22);1-2H2/b13-7+;. The molecular formula is C21H25N3. The second kappa shape index (κ2) is 10.8. The Kier molecular flexibility index (Phi) is 8.67. The van der Waals surface area contributed by atoms with E-state index in [0.717, 1.165) is 36.1 Å². The number of hydrogen-bond donors (Lipinski definition) is 2. The molecule has 1 unspecified atom stereocenters. The molecule has 124 valence electrons. The summed E-state index contributed by atoms with van der Waals surface area (Å²) in [5, 5.41) is 3.30. The van der Waals surface area contributed by atoms with Crippen molar-refractivity contribution in [1.82, 2.24) is 5.32 Å². The molecule has 0 saturated carbocycles. The van der Waals surface area contributed by atoms with Gasteiger partial charge < -0.3 is 11.1 Å². The fourth-order valence-corrected chi connectivity index (χ4v) is 2.29. The van der Waals surface area contributed by atoms with Gasteiger partial charge in [0.25, 0.3) is 0 Å². The largest absolute Gasteiger partial charge is 0.386 e. The number of nitrogens with two attached hydrogens (primary N) is 1. The third-order valence-corrected chi connectivity index (χ3v) is 3.53. The molecule has 2 rings (SSSR count).